The fourth-order valence-electron chi connectivity index (χ4n) is 10.1. The predicted octanol–water partition coefficient (Wildman–Crippen LogP) is 18.9. The van der Waals surface area contributed by atoms with Crippen LogP contribution in [0.1, 0.15) is 331 Å². The van der Waals surface area contributed by atoms with Crippen molar-refractivity contribution in [3.05, 3.63) is 0 Å². The van der Waals surface area contributed by atoms with Crippen molar-refractivity contribution in [3.63, 3.8) is 0 Å². The van der Waals surface area contributed by atoms with Gasteiger partial charge in [0, 0.05) is 25.7 Å². The van der Waals surface area contributed by atoms with Gasteiger partial charge in [0.2, 0.25) is 0 Å². The van der Waals surface area contributed by atoms with Crippen LogP contribution >= 0.6 is 15.6 Å². The van der Waals surface area contributed by atoms with E-state index in [1.807, 2.05) is 0 Å². The molecule has 19 heteroatoms. The van der Waals surface area contributed by atoms with E-state index in [2.05, 4.69) is 55.4 Å². The quantitative estimate of drug-likeness (QED) is 0.0222. The number of carbonyl (C=O) groups is 4. The topological polar surface area (TPSA) is 237 Å². The Morgan fingerprint density at radius 3 is 0.816 bits per heavy atom. The van der Waals surface area contributed by atoms with E-state index in [0.29, 0.717) is 31.6 Å². The van der Waals surface area contributed by atoms with E-state index >= 15 is 0 Å². The molecule has 0 aromatic heterocycles. The monoisotopic (exact) mass is 1280 g/mol. The summed E-state index contributed by atoms with van der Waals surface area (Å²) in [5, 5.41) is 10.6. The molecule has 0 spiro atoms. The van der Waals surface area contributed by atoms with Crippen LogP contribution in [0.25, 0.3) is 0 Å². The van der Waals surface area contributed by atoms with Crippen LogP contribution in [0, 0.1) is 23.7 Å². The maximum atomic E-state index is 13.0. The average molecular weight is 1280 g/mol. The van der Waals surface area contributed by atoms with Gasteiger partial charge in [-0.1, -0.05) is 280 Å². The molecular weight excluding hydrogens is 1150 g/mol. The van der Waals surface area contributed by atoms with Crippen LogP contribution in [0.15, 0.2) is 0 Å². The van der Waals surface area contributed by atoms with Crippen LogP contribution < -0.4 is 0 Å². The third-order valence-corrected chi connectivity index (χ3v) is 18.2. The van der Waals surface area contributed by atoms with Gasteiger partial charge in [0.25, 0.3) is 0 Å². The molecule has 0 amide bonds. The molecule has 0 bridgehead atoms. The lowest BCUT2D eigenvalue weighted by atomic mass is 9.99. The summed E-state index contributed by atoms with van der Waals surface area (Å²) in [6, 6.07) is 0. The zero-order valence-corrected chi connectivity index (χ0v) is 58.4. The fourth-order valence-corrected chi connectivity index (χ4v) is 11.7. The molecule has 0 heterocycles. The maximum Gasteiger partial charge on any atom is 0.472 e. The van der Waals surface area contributed by atoms with Crippen LogP contribution in [0.3, 0.4) is 0 Å². The van der Waals surface area contributed by atoms with Gasteiger partial charge < -0.3 is 33.8 Å². The van der Waals surface area contributed by atoms with E-state index in [1.54, 1.807) is 0 Å². The smallest absolute Gasteiger partial charge is 0.462 e. The van der Waals surface area contributed by atoms with E-state index < -0.39 is 97.5 Å². The van der Waals surface area contributed by atoms with Crippen LogP contribution in [0.5, 0.6) is 0 Å². The number of hydrogen-bond acceptors (Lipinski definition) is 15. The average Bonchev–Trinajstić information content (AvgIpc) is 3.69. The second-order valence-corrected chi connectivity index (χ2v) is 28.9. The van der Waals surface area contributed by atoms with Crippen molar-refractivity contribution in [2.24, 2.45) is 23.7 Å². The number of phosphoric acid groups is 2. The molecule has 3 N–H and O–H groups in total. The zero-order valence-electron chi connectivity index (χ0n) is 56.6. The SMILES string of the molecule is CCC(C)CCCCCCCCCCC(=O)O[C@H](COC(=O)CCCCCCCCCC(C)C)COP(=O)(O)OCC(O)COP(=O)(O)OC[C@@H](COC(=O)CCCCCCCCC(C)CC)OC(=O)CCCCCCCCCCCCCCC(C)C. The van der Waals surface area contributed by atoms with Crippen LogP contribution in [0.2, 0.25) is 0 Å². The Kier molecular flexibility index (Phi) is 56.6. The summed E-state index contributed by atoms with van der Waals surface area (Å²) >= 11 is 0. The maximum absolute atomic E-state index is 13.0. The second-order valence-electron chi connectivity index (χ2n) is 26.0. The third-order valence-electron chi connectivity index (χ3n) is 16.3. The first-order valence-electron chi connectivity index (χ1n) is 35.3. The number of carbonyl (C=O) groups excluding carboxylic acids is 4. The lowest BCUT2D eigenvalue weighted by Gasteiger charge is -2.21. The summed E-state index contributed by atoms with van der Waals surface area (Å²) < 4.78 is 68.2. The van der Waals surface area contributed by atoms with Gasteiger partial charge in [-0.3, -0.25) is 37.3 Å². The van der Waals surface area contributed by atoms with Crippen molar-refractivity contribution in [2.45, 2.75) is 350 Å². The number of ether oxygens (including phenoxy) is 4. The first-order valence-corrected chi connectivity index (χ1v) is 38.3. The van der Waals surface area contributed by atoms with E-state index in [9.17, 15) is 43.2 Å². The molecule has 0 aliphatic rings. The van der Waals surface area contributed by atoms with Gasteiger partial charge in [0.05, 0.1) is 26.4 Å². The minimum absolute atomic E-state index is 0.103. The van der Waals surface area contributed by atoms with E-state index in [0.717, 1.165) is 120 Å². The molecule has 0 rings (SSSR count). The zero-order chi connectivity index (χ0) is 64.7. The molecule has 0 aliphatic carbocycles. The van der Waals surface area contributed by atoms with Crippen LogP contribution in [-0.2, 0) is 65.4 Å². The third kappa shape index (κ3) is 60.1. The van der Waals surface area contributed by atoms with Gasteiger partial charge in [0.15, 0.2) is 12.2 Å². The standard InChI is InChI=1S/C68H132O17P2/c1-9-60(7)46-38-30-22-17-18-24-35-43-51-68(73)85-63(54-78-65(70)48-40-32-25-19-21-29-37-45-59(5)6)56-82-86(74,75)80-52-62(69)53-81-87(76,77)83-57-64(55-79-66(71)49-41-33-27-26-31-39-47-61(8)10-2)84-67(72)50-42-34-23-16-14-12-11-13-15-20-28-36-44-58(3)4/h58-64,69H,9-57H2,1-8H3,(H,74,75)(H,76,77)/t60?,61?,62?,63-,64-/m1/s1. The van der Waals surface area contributed by atoms with Gasteiger partial charge in [-0.05, 0) is 49.4 Å². The Morgan fingerprint density at radius 2 is 0.552 bits per heavy atom. The molecule has 0 aliphatic heterocycles. The Morgan fingerprint density at radius 1 is 0.322 bits per heavy atom. The van der Waals surface area contributed by atoms with Crippen molar-refractivity contribution >= 4 is 39.5 Å². The Hall–Kier alpha value is -1.94. The number of phosphoric ester groups is 2. The van der Waals surface area contributed by atoms with Crippen molar-refractivity contribution < 1.29 is 80.2 Å². The molecule has 87 heavy (non-hydrogen) atoms. The van der Waals surface area contributed by atoms with Crippen molar-refractivity contribution in [2.75, 3.05) is 39.6 Å². The highest BCUT2D eigenvalue weighted by Crippen LogP contribution is 2.45. The lowest BCUT2D eigenvalue weighted by Crippen LogP contribution is -2.30. The first-order chi connectivity index (χ1) is 41.7. The number of rotatable bonds is 65. The molecule has 7 atom stereocenters. The highest BCUT2D eigenvalue weighted by molar-refractivity contribution is 7.47. The molecule has 0 aromatic rings. The van der Waals surface area contributed by atoms with E-state index in [-0.39, 0.29) is 25.7 Å². The molecule has 17 nitrogen and oxygen atoms in total. The normalized spacial score (nSPS) is 15.0. The minimum atomic E-state index is -4.95. The molecule has 5 unspecified atom stereocenters. The fraction of sp³-hybridized carbons (Fsp3) is 0.941. The second kappa shape index (κ2) is 57.9. The molecule has 516 valence electrons. The number of unbranched alkanes of at least 4 members (excludes halogenated alkanes) is 29. The number of esters is 4. The van der Waals surface area contributed by atoms with Gasteiger partial charge >= 0.3 is 39.5 Å². The summed E-state index contributed by atoms with van der Waals surface area (Å²) in [5.41, 5.74) is 0. The number of aliphatic hydroxyl groups is 1. The number of aliphatic hydroxyl groups excluding tert-OH is 1. The predicted molar refractivity (Wildman–Crippen MR) is 349 cm³/mol. The van der Waals surface area contributed by atoms with Gasteiger partial charge in [0.1, 0.15) is 19.3 Å². The first kappa shape index (κ1) is 85.1. The summed E-state index contributed by atoms with van der Waals surface area (Å²) in [6.45, 7) is 14.0. The highest BCUT2D eigenvalue weighted by Gasteiger charge is 2.30. The van der Waals surface area contributed by atoms with Crippen molar-refractivity contribution in [1.82, 2.24) is 0 Å². The van der Waals surface area contributed by atoms with Gasteiger partial charge in [-0.2, -0.15) is 0 Å². The van der Waals surface area contributed by atoms with Crippen molar-refractivity contribution in [3.8, 4) is 0 Å². The highest BCUT2D eigenvalue weighted by atomic mass is 31.2. The lowest BCUT2D eigenvalue weighted by molar-refractivity contribution is -0.161. The molecule has 0 saturated carbocycles. The Labute approximate surface area is 530 Å². The summed E-state index contributed by atoms with van der Waals surface area (Å²) in [5.74, 6) is 0.847. The van der Waals surface area contributed by atoms with E-state index in [1.165, 1.54) is 122 Å². The summed E-state index contributed by atoms with van der Waals surface area (Å²) in [7, 11) is -9.90. The van der Waals surface area contributed by atoms with Gasteiger partial charge in [-0.25, -0.2) is 9.13 Å². The molecule has 0 radical (unpaired) electrons. The van der Waals surface area contributed by atoms with Crippen LogP contribution in [0.4, 0.5) is 0 Å². The van der Waals surface area contributed by atoms with Crippen molar-refractivity contribution in [1.29, 1.82) is 0 Å². The molecule has 0 fully saturated rings. The Balaban J connectivity index is 5.26. The largest absolute Gasteiger partial charge is 0.472 e. The van der Waals surface area contributed by atoms with E-state index in [4.69, 9.17) is 37.0 Å². The molecule has 0 aromatic carbocycles. The minimum Gasteiger partial charge on any atom is -0.462 e. The summed E-state index contributed by atoms with van der Waals surface area (Å²) in [6.07, 6.45) is 39.0. The molecule has 0 saturated heterocycles. The number of hydrogen-bond donors (Lipinski definition) is 3. The Bertz CT molecular complexity index is 1730. The van der Waals surface area contributed by atoms with Crippen LogP contribution in [-0.4, -0.2) is 96.7 Å². The summed E-state index contributed by atoms with van der Waals surface area (Å²) in [4.78, 5) is 72.4. The van der Waals surface area contributed by atoms with Gasteiger partial charge in [-0.15, -0.1) is 0 Å². The molecular formula is C68H132O17P2.